The Bertz CT molecular complexity index is 1760. The molecule has 3 N–H and O–H groups in total. The molecule has 1 saturated heterocycles. The highest BCUT2D eigenvalue weighted by Gasteiger charge is 2.41. The number of nitrogens with zero attached hydrogens (tertiary/aromatic N) is 1. The van der Waals surface area contributed by atoms with Crippen LogP contribution in [0, 0.1) is 17.2 Å². The number of nitrogens with one attached hydrogen (secondary N) is 2. The zero-order chi connectivity index (χ0) is 36.1. The van der Waals surface area contributed by atoms with Crippen LogP contribution in [0.15, 0.2) is 82.8 Å². The van der Waals surface area contributed by atoms with Crippen molar-refractivity contribution in [1.29, 1.82) is 0 Å². The molecule has 3 aromatic rings. The Morgan fingerprint density at radius 3 is 2.49 bits per heavy atom. The minimum Gasteiger partial charge on any atom is -0.492 e. The highest BCUT2D eigenvalue weighted by Crippen LogP contribution is 2.37. The quantitative estimate of drug-likeness (QED) is 0.145. The van der Waals surface area contributed by atoms with E-state index >= 15 is 0 Å². The Balaban J connectivity index is 1.19. The summed E-state index contributed by atoms with van der Waals surface area (Å²) >= 11 is 3.40. The van der Waals surface area contributed by atoms with Crippen LogP contribution in [0.4, 0.5) is 4.39 Å². The highest BCUT2D eigenvalue weighted by molar-refractivity contribution is 9.10. The number of benzene rings is 3. The second-order valence-electron chi connectivity index (χ2n) is 14.8. The number of halogens is 2. The number of ether oxygens (including phenoxy) is 1. The van der Waals surface area contributed by atoms with Crippen LogP contribution in [0.2, 0.25) is 0 Å². The summed E-state index contributed by atoms with van der Waals surface area (Å²) in [4.78, 5) is 41.3. The number of carboxylic acids is 1. The standard InChI is InChI=1S/C41H47BrFN3O5/c1-41(2,40(49)50)19-18-37(47)46-24-31-23-32(28-12-10-26(11-13-28)9-6-20-51-36-22-30(43)16-17-33(36)42)38(35(25-46)44-31)39(48)45-34(29-14-15-29)21-27-7-4-3-5-8-27/h3-5,7-8,10-13,16-17,22,29,31,34-35,44H,6,9,14-15,18-21,23-25H2,1-2H3,(H,45,48)(H,49,50)/t31-,34?,35-/m1/s1. The van der Waals surface area contributed by atoms with Crippen molar-refractivity contribution < 1.29 is 28.6 Å². The van der Waals surface area contributed by atoms with E-state index in [0.29, 0.717) is 47.8 Å². The summed E-state index contributed by atoms with van der Waals surface area (Å²) in [6.45, 7) is 4.58. The number of hydrogen-bond donors (Lipinski definition) is 3. The van der Waals surface area contributed by atoms with Crippen molar-refractivity contribution in [2.75, 3.05) is 19.7 Å². The van der Waals surface area contributed by atoms with Gasteiger partial charge < -0.3 is 25.4 Å². The molecule has 3 aromatic carbocycles. The van der Waals surface area contributed by atoms with Crippen LogP contribution in [0.25, 0.3) is 5.57 Å². The molecule has 6 rings (SSSR count). The minimum absolute atomic E-state index is 0.0172. The van der Waals surface area contributed by atoms with Crippen LogP contribution in [-0.2, 0) is 27.2 Å². The lowest BCUT2D eigenvalue weighted by molar-refractivity contribution is -0.148. The Kier molecular flexibility index (Phi) is 11.6. The second kappa shape index (κ2) is 16.1. The number of carbonyl (C=O) groups is 3. The van der Waals surface area contributed by atoms with Crippen LogP contribution >= 0.6 is 15.9 Å². The number of rotatable bonds is 15. The summed E-state index contributed by atoms with van der Waals surface area (Å²) in [5.41, 5.74) is 4.00. The molecule has 8 nitrogen and oxygen atoms in total. The largest absolute Gasteiger partial charge is 0.492 e. The van der Waals surface area contributed by atoms with Gasteiger partial charge in [0.2, 0.25) is 11.8 Å². The zero-order valence-electron chi connectivity index (χ0n) is 29.3. The van der Waals surface area contributed by atoms with E-state index in [2.05, 4.69) is 63.0 Å². The highest BCUT2D eigenvalue weighted by atomic mass is 79.9. The topological polar surface area (TPSA) is 108 Å². The third-order valence-corrected chi connectivity index (χ3v) is 11.1. The summed E-state index contributed by atoms with van der Waals surface area (Å²) in [6, 6.07) is 22.6. The summed E-state index contributed by atoms with van der Waals surface area (Å²) in [5, 5.41) is 16.6. The molecule has 1 aliphatic carbocycles. The smallest absolute Gasteiger partial charge is 0.309 e. The molecule has 2 aliphatic heterocycles. The van der Waals surface area contributed by atoms with Crippen molar-refractivity contribution >= 4 is 39.3 Å². The van der Waals surface area contributed by atoms with E-state index < -0.39 is 11.4 Å². The average Bonchev–Trinajstić information content (AvgIpc) is 3.96. The predicted molar refractivity (Wildman–Crippen MR) is 199 cm³/mol. The Morgan fingerprint density at radius 2 is 1.78 bits per heavy atom. The average molecular weight is 761 g/mol. The Labute approximate surface area is 308 Å². The molecule has 2 amide bonds. The molecule has 1 saturated carbocycles. The van der Waals surface area contributed by atoms with Gasteiger partial charge in [-0.15, -0.1) is 0 Å². The number of aliphatic carboxylic acids is 1. The van der Waals surface area contributed by atoms with Gasteiger partial charge in [0.15, 0.2) is 0 Å². The van der Waals surface area contributed by atoms with Gasteiger partial charge >= 0.3 is 5.97 Å². The molecule has 0 aromatic heterocycles. The van der Waals surface area contributed by atoms with Crippen molar-refractivity contribution in [3.63, 3.8) is 0 Å². The molecular weight excluding hydrogens is 713 g/mol. The maximum Gasteiger partial charge on any atom is 0.309 e. The first-order valence-corrected chi connectivity index (χ1v) is 18.8. The second-order valence-corrected chi connectivity index (χ2v) is 15.7. The molecule has 2 fully saturated rings. The van der Waals surface area contributed by atoms with Gasteiger partial charge in [-0.2, -0.15) is 0 Å². The van der Waals surface area contributed by atoms with Gasteiger partial charge in [0.05, 0.1) is 22.5 Å². The van der Waals surface area contributed by atoms with E-state index in [4.69, 9.17) is 4.74 Å². The first-order chi connectivity index (χ1) is 24.5. The molecule has 51 heavy (non-hydrogen) atoms. The normalized spacial score (nSPS) is 19.4. The maximum atomic E-state index is 14.4. The molecule has 2 heterocycles. The molecule has 3 aliphatic rings. The number of amides is 2. The minimum atomic E-state index is -0.994. The van der Waals surface area contributed by atoms with Crippen LogP contribution in [0.1, 0.15) is 69.1 Å². The van der Waals surface area contributed by atoms with Gasteiger partial charge in [0.25, 0.3) is 0 Å². The van der Waals surface area contributed by atoms with E-state index in [-0.39, 0.29) is 48.6 Å². The zero-order valence-corrected chi connectivity index (χ0v) is 30.9. The molecule has 2 bridgehead atoms. The number of carboxylic acid groups (broad SMARTS) is 1. The molecule has 0 spiro atoms. The van der Waals surface area contributed by atoms with Crippen molar-refractivity contribution in [2.24, 2.45) is 11.3 Å². The van der Waals surface area contributed by atoms with Crippen LogP contribution in [-0.4, -0.2) is 65.6 Å². The molecule has 270 valence electrons. The molecule has 1 unspecified atom stereocenters. The van der Waals surface area contributed by atoms with Crippen LogP contribution in [0.5, 0.6) is 5.75 Å². The van der Waals surface area contributed by atoms with Gasteiger partial charge in [0.1, 0.15) is 11.6 Å². The Hall–Kier alpha value is -4.02. The fourth-order valence-electron chi connectivity index (χ4n) is 7.14. The fraction of sp³-hybridized carbons (Fsp3) is 0.439. The first-order valence-electron chi connectivity index (χ1n) is 18.0. The van der Waals surface area contributed by atoms with E-state index in [0.717, 1.165) is 48.8 Å². The first kappa shape index (κ1) is 36.8. The van der Waals surface area contributed by atoms with Gasteiger partial charge in [-0.3, -0.25) is 14.4 Å². The monoisotopic (exact) mass is 759 g/mol. The summed E-state index contributed by atoms with van der Waals surface area (Å²) in [5.74, 6) is -0.518. The fourth-order valence-corrected chi connectivity index (χ4v) is 7.50. The number of aryl methyl sites for hydroxylation is 1. The lowest BCUT2D eigenvalue weighted by atomic mass is 9.82. The molecule has 0 radical (unpaired) electrons. The Morgan fingerprint density at radius 1 is 1.04 bits per heavy atom. The van der Waals surface area contributed by atoms with Gasteiger partial charge in [-0.05, 0) is 115 Å². The molecule has 10 heteroatoms. The molecular formula is C41H47BrFN3O5. The third-order valence-electron chi connectivity index (χ3n) is 10.4. The van der Waals surface area contributed by atoms with Crippen molar-refractivity contribution in [3.05, 3.63) is 105 Å². The van der Waals surface area contributed by atoms with Crippen LogP contribution < -0.4 is 15.4 Å². The van der Waals surface area contributed by atoms with E-state index in [1.807, 2.05) is 23.1 Å². The lowest BCUT2D eigenvalue weighted by Crippen LogP contribution is -2.62. The van der Waals surface area contributed by atoms with E-state index in [1.165, 1.54) is 17.7 Å². The maximum absolute atomic E-state index is 14.4. The van der Waals surface area contributed by atoms with Crippen molar-refractivity contribution in [3.8, 4) is 5.75 Å². The van der Waals surface area contributed by atoms with Crippen molar-refractivity contribution in [2.45, 2.75) is 83.3 Å². The third kappa shape index (κ3) is 9.46. The van der Waals surface area contributed by atoms with Crippen molar-refractivity contribution in [1.82, 2.24) is 15.5 Å². The predicted octanol–water partition coefficient (Wildman–Crippen LogP) is 6.95. The SMILES string of the molecule is CC(C)(CCC(=O)N1C[C@H]2CC(c3ccc(CCCOc4cc(F)ccc4Br)cc3)=C(C(=O)NC(Cc3ccccc3)C3CC3)[C@@H](C1)N2)C(=O)O. The summed E-state index contributed by atoms with van der Waals surface area (Å²) in [7, 11) is 0. The van der Waals surface area contributed by atoms with Gasteiger partial charge in [-0.25, -0.2) is 4.39 Å². The summed E-state index contributed by atoms with van der Waals surface area (Å²) in [6.07, 6.45) is 5.46. The number of fused-ring (bicyclic) bond motifs is 2. The molecule has 3 atom stereocenters. The van der Waals surface area contributed by atoms with Crippen LogP contribution in [0.3, 0.4) is 0 Å². The number of hydrogen-bond acceptors (Lipinski definition) is 5. The van der Waals surface area contributed by atoms with Gasteiger partial charge in [0, 0.05) is 43.2 Å². The number of piperazine rings is 1. The number of carbonyl (C=O) groups excluding carboxylic acids is 2. The lowest BCUT2D eigenvalue weighted by Gasteiger charge is -2.44. The van der Waals surface area contributed by atoms with E-state index in [9.17, 15) is 23.9 Å². The summed E-state index contributed by atoms with van der Waals surface area (Å²) < 4.78 is 20.1. The van der Waals surface area contributed by atoms with Gasteiger partial charge in [-0.1, -0.05) is 54.6 Å². The van der Waals surface area contributed by atoms with E-state index in [1.54, 1.807) is 19.9 Å².